The van der Waals surface area contributed by atoms with Crippen molar-refractivity contribution in [1.29, 1.82) is 0 Å². The molecule has 0 spiro atoms. The molecule has 124 valence electrons. The van der Waals surface area contributed by atoms with E-state index in [1.807, 2.05) is 4.90 Å². The zero-order valence-electron chi connectivity index (χ0n) is 12.2. The number of aromatic nitrogens is 2. The minimum atomic E-state index is -3.60. The fourth-order valence-corrected chi connectivity index (χ4v) is 4.13. The molecule has 0 N–H and O–H groups in total. The van der Waals surface area contributed by atoms with Crippen LogP contribution in [0.25, 0.3) is 0 Å². The van der Waals surface area contributed by atoms with Crippen LogP contribution in [0.5, 0.6) is 0 Å². The Bertz CT molecular complexity index is 816. The number of halogens is 2. The van der Waals surface area contributed by atoms with Crippen LogP contribution < -0.4 is 4.90 Å². The molecule has 10 heteroatoms. The highest BCUT2D eigenvalue weighted by molar-refractivity contribution is 7.89. The second-order valence-corrected chi connectivity index (χ2v) is 7.82. The van der Waals surface area contributed by atoms with Gasteiger partial charge in [-0.25, -0.2) is 8.42 Å². The van der Waals surface area contributed by atoms with Crippen molar-refractivity contribution in [2.24, 2.45) is 0 Å². The van der Waals surface area contributed by atoms with Gasteiger partial charge in [0, 0.05) is 33.1 Å². The zero-order chi connectivity index (χ0) is 16.6. The maximum absolute atomic E-state index is 12.7. The van der Waals surface area contributed by atoms with Crippen molar-refractivity contribution in [3.8, 4) is 0 Å². The lowest BCUT2D eigenvalue weighted by molar-refractivity contribution is 0.370. The monoisotopic (exact) mass is 376 g/mol. The first kappa shape index (κ1) is 16.5. The fourth-order valence-electron chi connectivity index (χ4n) is 2.32. The van der Waals surface area contributed by atoms with E-state index in [4.69, 9.17) is 27.6 Å². The van der Waals surface area contributed by atoms with Gasteiger partial charge >= 0.3 is 6.01 Å². The van der Waals surface area contributed by atoms with E-state index < -0.39 is 10.0 Å². The molecule has 1 aliphatic rings. The summed E-state index contributed by atoms with van der Waals surface area (Å²) in [6.45, 7) is 3.31. The van der Waals surface area contributed by atoms with E-state index in [1.165, 1.54) is 22.5 Å². The maximum atomic E-state index is 12.7. The molecule has 0 saturated carbocycles. The van der Waals surface area contributed by atoms with Gasteiger partial charge in [0.05, 0.1) is 14.9 Å². The van der Waals surface area contributed by atoms with E-state index in [0.29, 0.717) is 43.1 Å². The smallest absolute Gasteiger partial charge is 0.318 e. The number of aryl methyl sites for hydroxylation is 1. The molecule has 1 fully saturated rings. The molecule has 1 saturated heterocycles. The quantitative estimate of drug-likeness (QED) is 0.816. The normalized spacial score (nSPS) is 16.7. The first-order chi connectivity index (χ1) is 10.9. The molecule has 2 heterocycles. The molecule has 23 heavy (non-hydrogen) atoms. The van der Waals surface area contributed by atoms with Crippen LogP contribution in [0.4, 0.5) is 6.01 Å². The summed E-state index contributed by atoms with van der Waals surface area (Å²) >= 11 is 11.7. The largest absolute Gasteiger partial charge is 0.408 e. The van der Waals surface area contributed by atoms with Gasteiger partial charge in [-0.1, -0.05) is 28.3 Å². The van der Waals surface area contributed by atoms with E-state index >= 15 is 0 Å². The van der Waals surface area contributed by atoms with Gasteiger partial charge in [-0.2, -0.15) is 4.31 Å². The Morgan fingerprint density at radius 1 is 1.09 bits per heavy atom. The van der Waals surface area contributed by atoms with Gasteiger partial charge in [-0.05, 0) is 18.2 Å². The molecule has 1 aromatic heterocycles. The topological polar surface area (TPSA) is 79.5 Å². The molecule has 1 aliphatic heterocycles. The van der Waals surface area contributed by atoms with Crippen molar-refractivity contribution in [3.05, 3.63) is 34.1 Å². The lowest BCUT2D eigenvalue weighted by Crippen LogP contribution is -2.48. The summed E-state index contributed by atoms with van der Waals surface area (Å²) in [6.07, 6.45) is 0. The van der Waals surface area contributed by atoms with Crippen LogP contribution in [0.3, 0.4) is 0 Å². The van der Waals surface area contributed by atoms with Gasteiger partial charge in [-0.15, -0.1) is 5.10 Å². The average Bonchev–Trinajstić information content (AvgIpc) is 2.96. The molecule has 0 unspecified atom stereocenters. The van der Waals surface area contributed by atoms with Crippen LogP contribution >= 0.6 is 23.2 Å². The number of hydrogen-bond donors (Lipinski definition) is 0. The van der Waals surface area contributed by atoms with Crippen molar-refractivity contribution < 1.29 is 12.8 Å². The summed E-state index contributed by atoms with van der Waals surface area (Å²) in [7, 11) is -3.60. The molecular formula is C13H14Cl2N4O3S. The Kier molecular flexibility index (Phi) is 4.50. The maximum Gasteiger partial charge on any atom is 0.318 e. The molecule has 0 aliphatic carbocycles. The molecule has 0 bridgehead atoms. The number of nitrogens with zero attached hydrogens (tertiary/aromatic N) is 4. The van der Waals surface area contributed by atoms with Crippen molar-refractivity contribution >= 4 is 39.2 Å². The van der Waals surface area contributed by atoms with Gasteiger partial charge < -0.3 is 9.32 Å². The predicted molar refractivity (Wildman–Crippen MR) is 86.5 cm³/mol. The number of benzene rings is 1. The highest BCUT2D eigenvalue weighted by Gasteiger charge is 2.30. The first-order valence-corrected chi connectivity index (χ1v) is 9.08. The van der Waals surface area contributed by atoms with Crippen LogP contribution in [-0.4, -0.2) is 49.1 Å². The van der Waals surface area contributed by atoms with Crippen LogP contribution in [0.15, 0.2) is 27.5 Å². The zero-order valence-corrected chi connectivity index (χ0v) is 14.6. The minimum absolute atomic E-state index is 0.133. The molecule has 3 rings (SSSR count). The average molecular weight is 377 g/mol. The summed E-state index contributed by atoms with van der Waals surface area (Å²) in [5.41, 5.74) is 0. The van der Waals surface area contributed by atoms with Crippen molar-refractivity contribution in [2.45, 2.75) is 11.8 Å². The second-order valence-electron chi connectivity index (χ2n) is 5.07. The number of rotatable bonds is 3. The van der Waals surface area contributed by atoms with Gasteiger partial charge in [0.1, 0.15) is 0 Å². The third kappa shape index (κ3) is 3.30. The number of anilines is 1. The lowest BCUT2D eigenvalue weighted by Gasteiger charge is -2.32. The van der Waals surface area contributed by atoms with Crippen molar-refractivity contribution in [2.75, 3.05) is 31.1 Å². The SMILES string of the molecule is Cc1nnc(N2CCN(S(=O)(=O)c3ccc(Cl)c(Cl)c3)CC2)o1. The van der Waals surface area contributed by atoms with Crippen LogP contribution in [0, 0.1) is 6.92 Å². The number of sulfonamides is 1. The Morgan fingerprint density at radius 3 is 2.35 bits per heavy atom. The summed E-state index contributed by atoms with van der Waals surface area (Å²) in [5.74, 6) is 0.478. The lowest BCUT2D eigenvalue weighted by atomic mass is 10.4. The molecule has 2 aromatic rings. The minimum Gasteiger partial charge on any atom is -0.408 e. The Morgan fingerprint density at radius 2 is 1.78 bits per heavy atom. The summed E-state index contributed by atoms with van der Waals surface area (Å²) in [5, 5.41) is 8.26. The summed E-state index contributed by atoms with van der Waals surface area (Å²) < 4.78 is 32.1. The van der Waals surface area contributed by atoms with E-state index in [0.717, 1.165) is 0 Å². The molecule has 1 aromatic carbocycles. The fraction of sp³-hybridized carbons (Fsp3) is 0.385. The highest BCUT2D eigenvalue weighted by Crippen LogP contribution is 2.27. The van der Waals surface area contributed by atoms with E-state index in [-0.39, 0.29) is 9.92 Å². The van der Waals surface area contributed by atoms with E-state index in [1.54, 1.807) is 6.92 Å². The molecule has 0 atom stereocenters. The van der Waals surface area contributed by atoms with Crippen LogP contribution in [0.1, 0.15) is 5.89 Å². The third-order valence-electron chi connectivity index (χ3n) is 3.55. The first-order valence-electron chi connectivity index (χ1n) is 6.88. The van der Waals surface area contributed by atoms with Crippen molar-refractivity contribution in [1.82, 2.24) is 14.5 Å². The summed E-state index contributed by atoms with van der Waals surface area (Å²) in [6, 6.07) is 4.72. The van der Waals surface area contributed by atoms with E-state index in [2.05, 4.69) is 10.2 Å². The Balaban J connectivity index is 1.74. The Labute approximate surface area is 143 Å². The highest BCUT2D eigenvalue weighted by atomic mass is 35.5. The number of piperazine rings is 1. The summed E-state index contributed by atoms with van der Waals surface area (Å²) in [4.78, 5) is 2.00. The van der Waals surface area contributed by atoms with Gasteiger partial charge in [0.2, 0.25) is 15.9 Å². The van der Waals surface area contributed by atoms with Gasteiger partial charge in [0.25, 0.3) is 0 Å². The Hall–Kier alpha value is -1.35. The van der Waals surface area contributed by atoms with E-state index in [9.17, 15) is 8.42 Å². The van der Waals surface area contributed by atoms with Gasteiger partial charge in [-0.3, -0.25) is 0 Å². The molecular weight excluding hydrogens is 363 g/mol. The number of hydrogen-bond acceptors (Lipinski definition) is 6. The van der Waals surface area contributed by atoms with Crippen molar-refractivity contribution in [3.63, 3.8) is 0 Å². The van der Waals surface area contributed by atoms with Crippen LogP contribution in [-0.2, 0) is 10.0 Å². The molecule has 0 amide bonds. The third-order valence-corrected chi connectivity index (χ3v) is 6.19. The molecule has 0 radical (unpaired) electrons. The molecule has 7 nitrogen and oxygen atoms in total. The van der Waals surface area contributed by atoms with Crippen LogP contribution in [0.2, 0.25) is 10.0 Å². The standard InChI is InChI=1S/C13H14Cl2N4O3S/c1-9-16-17-13(22-9)18-4-6-19(7-5-18)23(20,21)10-2-3-11(14)12(15)8-10/h2-3,8H,4-7H2,1H3. The van der Waals surface area contributed by atoms with Gasteiger partial charge in [0.15, 0.2) is 0 Å². The predicted octanol–water partition coefficient (Wildman–Crippen LogP) is 2.20. The second kappa shape index (κ2) is 6.27.